The van der Waals surface area contributed by atoms with Crippen LogP contribution in [0.4, 0.5) is 17.1 Å². The van der Waals surface area contributed by atoms with Gasteiger partial charge >= 0.3 is 0 Å². The Hall–Kier alpha value is -5.74. The minimum Gasteiger partial charge on any atom is -0.453 e. The van der Waals surface area contributed by atoms with Gasteiger partial charge in [0.1, 0.15) is 11.3 Å². The maximum atomic E-state index is 6.60. The summed E-state index contributed by atoms with van der Waals surface area (Å²) in [5, 5.41) is 4.43. The predicted octanol–water partition coefficient (Wildman–Crippen LogP) is 10.3. The Morgan fingerprint density at radius 3 is 2.00 bits per heavy atom. The molecular weight excluding hydrogens is 514 g/mol. The lowest BCUT2D eigenvalue weighted by Crippen LogP contribution is -2.10. The van der Waals surface area contributed by atoms with E-state index in [0.29, 0.717) is 0 Å². The van der Waals surface area contributed by atoms with E-state index < -0.39 is 0 Å². The van der Waals surface area contributed by atoms with Gasteiger partial charge in [-0.3, -0.25) is 9.97 Å². The van der Waals surface area contributed by atoms with Gasteiger partial charge in [0.2, 0.25) is 0 Å². The molecule has 8 rings (SSSR count). The largest absolute Gasteiger partial charge is 0.453 e. The number of hydrogen-bond acceptors (Lipinski definition) is 4. The van der Waals surface area contributed by atoms with E-state index >= 15 is 0 Å². The Labute approximate surface area is 243 Å². The minimum atomic E-state index is 0.796. The molecule has 0 amide bonds. The van der Waals surface area contributed by atoms with E-state index in [0.717, 1.165) is 72.3 Å². The third kappa shape index (κ3) is 4.09. The fraction of sp³-hybridized carbons (Fsp3) is 0. The van der Waals surface area contributed by atoms with Gasteiger partial charge in [0.25, 0.3) is 0 Å². The average Bonchev–Trinajstić information content (AvgIpc) is 3.46. The van der Waals surface area contributed by atoms with E-state index in [4.69, 9.17) is 9.40 Å². The number of nitrogens with zero attached hydrogens (tertiary/aromatic N) is 3. The molecule has 0 aliphatic heterocycles. The molecular formula is C38H25N3O. The molecule has 0 N–H and O–H groups in total. The highest BCUT2D eigenvalue weighted by Gasteiger charge is 2.18. The van der Waals surface area contributed by atoms with E-state index in [1.165, 1.54) is 0 Å². The maximum Gasteiger partial charge on any atom is 0.161 e. The normalized spacial score (nSPS) is 11.3. The number of para-hydroxylation sites is 1. The van der Waals surface area contributed by atoms with Crippen molar-refractivity contribution in [2.75, 3.05) is 4.90 Å². The number of anilines is 3. The molecule has 0 atom stereocenters. The Balaban J connectivity index is 1.29. The summed E-state index contributed by atoms with van der Waals surface area (Å²) in [4.78, 5) is 11.7. The first-order valence-electron chi connectivity index (χ1n) is 14.0. The smallest absolute Gasteiger partial charge is 0.161 e. The topological polar surface area (TPSA) is 42.2 Å². The van der Waals surface area contributed by atoms with Crippen LogP contribution in [0.5, 0.6) is 0 Å². The molecule has 0 bridgehead atoms. The van der Waals surface area contributed by atoms with Gasteiger partial charge in [-0.15, -0.1) is 0 Å². The summed E-state index contributed by atoms with van der Waals surface area (Å²) in [6, 6.07) is 48.1. The highest BCUT2D eigenvalue weighted by Crippen LogP contribution is 2.41. The molecule has 42 heavy (non-hydrogen) atoms. The van der Waals surface area contributed by atoms with Crippen molar-refractivity contribution in [3.8, 4) is 22.5 Å². The van der Waals surface area contributed by atoms with Crippen LogP contribution in [0.2, 0.25) is 0 Å². The van der Waals surface area contributed by atoms with Crippen LogP contribution in [0.15, 0.2) is 156 Å². The third-order valence-corrected chi connectivity index (χ3v) is 7.74. The highest BCUT2D eigenvalue weighted by molar-refractivity contribution is 6.16. The monoisotopic (exact) mass is 539 g/mol. The number of benzene rings is 5. The molecule has 198 valence electrons. The Kier molecular flexibility index (Phi) is 5.75. The summed E-state index contributed by atoms with van der Waals surface area (Å²) in [5.41, 5.74) is 8.64. The second-order valence-electron chi connectivity index (χ2n) is 10.3. The van der Waals surface area contributed by atoms with Crippen molar-refractivity contribution < 1.29 is 4.42 Å². The third-order valence-electron chi connectivity index (χ3n) is 7.74. The Morgan fingerprint density at radius 2 is 1.17 bits per heavy atom. The summed E-state index contributed by atoms with van der Waals surface area (Å²) in [5.74, 6) is 0. The van der Waals surface area contributed by atoms with Gasteiger partial charge < -0.3 is 9.32 Å². The van der Waals surface area contributed by atoms with Crippen molar-refractivity contribution in [1.29, 1.82) is 0 Å². The number of aromatic nitrogens is 2. The van der Waals surface area contributed by atoms with Gasteiger partial charge in [-0.05, 0) is 66.0 Å². The van der Waals surface area contributed by atoms with Crippen molar-refractivity contribution >= 4 is 49.8 Å². The van der Waals surface area contributed by atoms with Gasteiger partial charge in [-0.25, -0.2) is 0 Å². The molecule has 4 heteroatoms. The molecule has 3 heterocycles. The van der Waals surface area contributed by atoms with Crippen molar-refractivity contribution in [3.63, 3.8) is 0 Å². The second-order valence-corrected chi connectivity index (χ2v) is 10.3. The first kappa shape index (κ1) is 24.1. The first-order valence-corrected chi connectivity index (χ1v) is 14.0. The molecule has 4 nitrogen and oxygen atoms in total. The SMILES string of the molecule is c1ccc(N(c2cccc(-c3ccccn3)c2)c2cccc(-c3nccc4c3oc3c5ccccc5ccc43)c2)cc1. The predicted molar refractivity (Wildman–Crippen MR) is 172 cm³/mol. The highest BCUT2D eigenvalue weighted by atomic mass is 16.3. The molecule has 5 aromatic carbocycles. The standard InChI is InChI=1S/C38H25N3O/c1-2-13-29(14-3-1)41(30-15-8-11-27(24-30)35-18-6-7-22-39-35)31-16-9-12-28(25-31)36-38-34(21-23-40-36)33-20-19-26-10-4-5-17-32(26)37(33)42-38/h1-25H. The summed E-state index contributed by atoms with van der Waals surface area (Å²) in [7, 11) is 0. The molecule has 0 fully saturated rings. The van der Waals surface area contributed by atoms with E-state index in [9.17, 15) is 0 Å². The maximum absolute atomic E-state index is 6.60. The van der Waals surface area contributed by atoms with E-state index in [1.54, 1.807) is 0 Å². The summed E-state index contributed by atoms with van der Waals surface area (Å²) in [6.45, 7) is 0. The Morgan fingerprint density at radius 1 is 0.452 bits per heavy atom. The van der Waals surface area contributed by atoms with Crippen LogP contribution in [0.25, 0.3) is 55.2 Å². The molecule has 0 unspecified atom stereocenters. The van der Waals surface area contributed by atoms with Crippen LogP contribution in [-0.2, 0) is 0 Å². The van der Waals surface area contributed by atoms with Gasteiger partial charge in [0.15, 0.2) is 5.58 Å². The van der Waals surface area contributed by atoms with Crippen LogP contribution >= 0.6 is 0 Å². The van der Waals surface area contributed by atoms with E-state index in [-0.39, 0.29) is 0 Å². The van der Waals surface area contributed by atoms with Crippen molar-refractivity contribution in [2.45, 2.75) is 0 Å². The van der Waals surface area contributed by atoms with Gasteiger partial charge in [0.05, 0.1) is 5.69 Å². The zero-order valence-corrected chi connectivity index (χ0v) is 22.7. The van der Waals surface area contributed by atoms with Crippen LogP contribution in [0.1, 0.15) is 0 Å². The quantitative estimate of drug-likeness (QED) is 0.218. The van der Waals surface area contributed by atoms with Crippen molar-refractivity contribution in [3.05, 3.63) is 152 Å². The van der Waals surface area contributed by atoms with Crippen LogP contribution in [0.3, 0.4) is 0 Å². The number of furan rings is 1. The second kappa shape index (κ2) is 10.0. The van der Waals surface area contributed by atoms with Crippen LogP contribution in [-0.4, -0.2) is 9.97 Å². The number of fused-ring (bicyclic) bond motifs is 5. The van der Waals surface area contributed by atoms with Crippen molar-refractivity contribution in [2.24, 2.45) is 0 Å². The van der Waals surface area contributed by atoms with Gasteiger partial charge in [-0.2, -0.15) is 0 Å². The number of rotatable bonds is 5. The number of pyridine rings is 2. The molecule has 0 aliphatic rings. The molecule has 0 radical (unpaired) electrons. The first-order chi connectivity index (χ1) is 20.8. The zero-order chi connectivity index (χ0) is 27.9. The summed E-state index contributed by atoms with van der Waals surface area (Å²) < 4.78 is 6.60. The van der Waals surface area contributed by atoms with Crippen LogP contribution in [0, 0.1) is 0 Å². The average molecular weight is 540 g/mol. The molecule has 8 aromatic rings. The number of hydrogen-bond donors (Lipinski definition) is 0. The molecule has 0 aliphatic carbocycles. The summed E-state index contributed by atoms with van der Waals surface area (Å²) in [6.07, 6.45) is 3.70. The molecule has 3 aromatic heterocycles. The van der Waals surface area contributed by atoms with Gasteiger partial charge in [0, 0.05) is 56.7 Å². The van der Waals surface area contributed by atoms with E-state index in [2.05, 4.69) is 119 Å². The fourth-order valence-electron chi connectivity index (χ4n) is 5.79. The van der Waals surface area contributed by atoms with Gasteiger partial charge in [-0.1, -0.05) is 78.9 Å². The summed E-state index contributed by atoms with van der Waals surface area (Å²) >= 11 is 0. The fourth-order valence-corrected chi connectivity index (χ4v) is 5.79. The lowest BCUT2D eigenvalue weighted by atomic mass is 10.0. The van der Waals surface area contributed by atoms with E-state index in [1.807, 2.05) is 42.7 Å². The minimum absolute atomic E-state index is 0.796. The lowest BCUT2D eigenvalue weighted by molar-refractivity contribution is 0.672. The van der Waals surface area contributed by atoms with Crippen LogP contribution < -0.4 is 4.90 Å². The molecule has 0 saturated carbocycles. The zero-order valence-electron chi connectivity index (χ0n) is 22.7. The molecule has 0 saturated heterocycles. The Bertz CT molecular complexity index is 2200. The lowest BCUT2D eigenvalue weighted by Gasteiger charge is -2.26. The molecule has 0 spiro atoms. The van der Waals surface area contributed by atoms with Crippen molar-refractivity contribution in [1.82, 2.24) is 9.97 Å².